The summed E-state index contributed by atoms with van der Waals surface area (Å²) in [6, 6.07) is 8.75. The number of hydrogen-bond acceptors (Lipinski definition) is 5. The second-order valence-electron chi connectivity index (χ2n) is 6.56. The van der Waals surface area contributed by atoms with Gasteiger partial charge in [0.25, 0.3) is 0 Å². The van der Waals surface area contributed by atoms with Crippen LogP contribution in [0, 0.1) is 0 Å². The van der Waals surface area contributed by atoms with Crippen LogP contribution in [-0.4, -0.2) is 30.1 Å². The molecule has 0 radical (unpaired) electrons. The Labute approximate surface area is 143 Å². The van der Waals surface area contributed by atoms with E-state index in [-0.39, 0.29) is 18.6 Å². The highest BCUT2D eigenvalue weighted by atomic mass is 17.2. The van der Waals surface area contributed by atoms with E-state index in [1.54, 1.807) is 51.1 Å². The van der Waals surface area contributed by atoms with Crippen molar-refractivity contribution in [3.05, 3.63) is 48.6 Å². The van der Waals surface area contributed by atoms with Gasteiger partial charge in [-0.2, -0.15) is 0 Å². The molecule has 1 aromatic rings. The molecule has 0 heterocycles. The minimum absolute atomic E-state index is 0.173. The van der Waals surface area contributed by atoms with Crippen LogP contribution in [0.5, 0.6) is 0 Å². The molecule has 0 amide bonds. The first-order chi connectivity index (χ1) is 11.2. The SMILES string of the molecule is C=CCCC(CC(=O)c1ccccc1)(OOC(C)(C)C)C(=O)OC. The Morgan fingerprint density at radius 3 is 2.25 bits per heavy atom. The largest absolute Gasteiger partial charge is 0.467 e. The van der Waals surface area contributed by atoms with Crippen molar-refractivity contribution in [3.63, 3.8) is 0 Å². The van der Waals surface area contributed by atoms with Crippen LogP contribution < -0.4 is 0 Å². The van der Waals surface area contributed by atoms with Crippen LogP contribution in [0.1, 0.15) is 50.4 Å². The number of benzene rings is 1. The summed E-state index contributed by atoms with van der Waals surface area (Å²) in [6.07, 6.45) is 2.20. The summed E-state index contributed by atoms with van der Waals surface area (Å²) in [5.41, 5.74) is -1.64. The van der Waals surface area contributed by atoms with Crippen molar-refractivity contribution in [1.29, 1.82) is 0 Å². The van der Waals surface area contributed by atoms with E-state index in [0.29, 0.717) is 12.0 Å². The van der Waals surface area contributed by atoms with Gasteiger partial charge in [-0.3, -0.25) is 4.79 Å². The van der Waals surface area contributed by atoms with E-state index in [9.17, 15) is 9.59 Å². The van der Waals surface area contributed by atoms with Crippen LogP contribution in [0.3, 0.4) is 0 Å². The van der Waals surface area contributed by atoms with Crippen LogP contribution in [0.25, 0.3) is 0 Å². The van der Waals surface area contributed by atoms with Crippen molar-refractivity contribution in [2.45, 2.75) is 51.2 Å². The number of Topliss-reactive ketones (excluding diaryl/α,β-unsaturated/α-hetero) is 1. The highest BCUT2D eigenvalue weighted by Gasteiger charge is 2.45. The van der Waals surface area contributed by atoms with Gasteiger partial charge in [0.15, 0.2) is 5.78 Å². The molecule has 0 saturated carbocycles. The molecule has 0 aromatic heterocycles. The van der Waals surface area contributed by atoms with Gasteiger partial charge in [-0.15, -0.1) is 6.58 Å². The second-order valence-corrected chi connectivity index (χ2v) is 6.56. The Kier molecular flexibility index (Phi) is 7.32. The van der Waals surface area contributed by atoms with E-state index in [1.807, 2.05) is 6.07 Å². The van der Waals surface area contributed by atoms with Crippen LogP contribution in [-0.2, 0) is 19.3 Å². The number of hydrogen-bond donors (Lipinski definition) is 0. The fourth-order valence-corrected chi connectivity index (χ4v) is 2.08. The first-order valence-electron chi connectivity index (χ1n) is 7.88. The minimum Gasteiger partial charge on any atom is -0.467 e. The van der Waals surface area contributed by atoms with Gasteiger partial charge in [-0.1, -0.05) is 36.4 Å². The summed E-state index contributed by atoms with van der Waals surface area (Å²) in [5.74, 6) is -0.861. The number of carbonyl (C=O) groups excluding carboxylic acids is 2. The van der Waals surface area contributed by atoms with E-state index in [2.05, 4.69) is 6.58 Å². The average Bonchev–Trinajstić information content (AvgIpc) is 2.56. The van der Waals surface area contributed by atoms with Gasteiger partial charge in [0, 0.05) is 5.56 Å². The summed E-state index contributed by atoms with van der Waals surface area (Å²) in [7, 11) is 1.26. The number of carbonyl (C=O) groups is 2. The zero-order valence-electron chi connectivity index (χ0n) is 14.8. The first-order valence-corrected chi connectivity index (χ1v) is 7.88. The molecule has 0 aliphatic carbocycles. The summed E-state index contributed by atoms with van der Waals surface area (Å²) < 4.78 is 4.88. The smallest absolute Gasteiger partial charge is 0.342 e. The molecule has 5 heteroatoms. The van der Waals surface area contributed by atoms with Crippen molar-refractivity contribution in [2.75, 3.05) is 7.11 Å². The Balaban J connectivity index is 3.10. The molecule has 0 aliphatic rings. The maximum absolute atomic E-state index is 12.6. The number of esters is 1. The van der Waals surface area contributed by atoms with E-state index in [4.69, 9.17) is 14.5 Å². The highest BCUT2D eigenvalue weighted by Crippen LogP contribution is 2.29. The summed E-state index contributed by atoms with van der Waals surface area (Å²) in [5, 5.41) is 0. The van der Waals surface area contributed by atoms with Gasteiger partial charge in [-0.05, 0) is 33.6 Å². The quantitative estimate of drug-likeness (QED) is 0.225. The molecule has 132 valence electrons. The third-order valence-corrected chi connectivity index (χ3v) is 3.30. The molecule has 5 nitrogen and oxygen atoms in total. The zero-order chi connectivity index (χ0) is 18.2. The summed E-state index contributed by atoms with van der Waals surface area (Å²) in [4.78, 5) is 35.9. The van der Waals surface area contributed by atoms with Crippen molar-refractivity contribution in [2.24, 2.45) is 0 Å². The van der Waals surface area contributed by atoms with Crippen LogP contribution in [0.15, 0.2) is 43.0 Å². The van der Waals surface area contributed by atoms with Gasteiger partial charge in [0.2, 0.25) is 5.60 Å². The molecule has 1 rings (SSSR count). The van der Waals surface area contributed by atoms with Crippen LogP contribution >= 0.6 is 0 Å². The predicted molar refractivity (Wildman–Crippen MR) is 91.5 cm³/mol. The van der Waals surface area contributed by atoms with Gasteiger partial charge >= 0.3 is 5.97 Å². The lowest BCUT2D eigenvalue weighted by atomic mass is 9.89. The predicted octanol–water partition coefficient (Wildman–Crippen LogP) is 3.88. The Morgan fingerprint density at radius 1 is 1.12 bits per heavy atom. The normalized spacial score (nSPS) is 13.8. The molecule has 1 aromatic carbocycles. The molecule has 0 aliphatic heterocycles. The molecule has 0 bridgehead atoms. The zero-order valence-corrected chi connectivity index (χ0v) is 14.8. The molecule has 1 unspecified atom stereocenters. The number of methoxy groups -OCH3 is 1. The summed E-state index contributed by atoms with van der Waals surface area (Å²) in [6.45, 7) is 9.04. The van der Waals surface area contributed by atoms with Gasteiger partial charge in [-0.25, -0.2) is 14.6 Å². The van der Waals surface area contributed by atoms with Gasteiger partial charge in [0.1, 0.15) is 0 Å². The number of ether oxygens (including phenoxy) is 1. The number of ketones is 1. The molecule has 0 N–H and O–H groups in total. The fraction of sp³-hybridized carbons (Fsp3) is 0.474. The Bertz CT molecular complexity index is 559. The maximum atomic E-state index is 12.6. The topological polar surface area (TPSA) is 61.8 Å². The highest BCUT2D eigenvalue weighted by molar-refractivity contribution is 5.99. The number of rotatable bonds is 9. The lowest BCUT2D eigenvalue weighted by Crippen LogP contribution is -2.46. The molecule has 0 saturated heterocycles. The molecule has 0 spiro atoms. The van der Waals surface area contributed by atoms with Gasteiger partial charge < -0.3 is 4.74 Å². The lowest BCUT2D eigenvalue weighted by Gasteiger charge is -2.32. The Hall–Kier alpha value is -1.98. The van der Waals surface area contributed by atoms with E-state index in [0.717, 1.165) is 0 Å². The minimum atomic E-state index is -1.51. The van der Waals surface area contributed by atoms with E-state index in [1.165, 1.54) is 7.11 Å². The average molecular weight is 334 g/mol. The molecule has 1 atom stereocenters. The first kappa shape index (κ1) is 20.1. The van der Waals surface area contributed by atoms with Crippen molar-refractivity contribution >= 4 is 11.8 Å². The Morgan fingerprint density at radius 2 is 1.75 bits per heavy atom. The fourth-order valence-electron chi connectivity index (χ4n) is 2.08. The van der Waals surface area contributed by atoms with Crippen LogP contribution in [0.2, 0.25) is 0 Å². The molecule has 0 fully saturated rings. The second kappa shape index (κ2) is 8.76. The van der Waals surface area contributed by atoms with Crippen LogP contribution in [0.4, 0.5) is 0 Å². The number of allylic oxidation sites excluding steroid dienone is 1. The lowest BCUT2D eigenvalue weighted by molar-refractivity contribution is -0.396. The van der Waals surface area contributed by atoms with Crippen molar-refractivity contribution < 1.29 is 24.1 Å². The monoisotopic (exact) mass is 334 g/mol. The maximum Gasteiger partial charge on any atom is 0.342 e. The van der Waals surface area contributed by atoms with E-state index >= 15 is 0 Å². The van der Waals surface area contributed by atoms with Crippen molar-refractivity contribution in [3.8, 4) is 0 Å². The van der Waals surface area contributed by atoms with E-state index < -0.39 is 17.2 Å². The third-order valence-electron chi connectivity index (χ3n) is 3.30. The summed E-state index contributed by atoms with van der Waals surface area (Å²) >= 11 is 0. The molecule has 24 heavy (non-hydrogen) atoms. The molecular formula is C19H26O5. The third kappa shape index (κ3) is 5.91. The standard InChI is InChI=1S/C19H26O5/c1-6-7-13-19(17(21)22-5,24-23-18(2,3)4)14-16(20)15-11-9-8-10-12-15/h6,8-12H,1,7,13-14H2,2-5H3. The molecular weight excluding hydrogens is 308 g/mol. The van der Waals surface area contributed by atoms with Crippen molar-refractivity contribution in [1.82, 2.24) is 0 Å². The van der Waals surface area contributed by atoms with Gasteiger partial charge in [0.05, 0.1) is 19.1 Å².